The van der Waals surface area contributed by atoms with Crippen LogP contribution >= 0.6 is 0 Å². The molecule has 1 heterocycles. The average Bonchev–Trinajstić information content (AvgIpc) is 2.26. The lowest BCUT2D eigenvalue weighted by Crippen LogP contribution is -2.30. The molecule has 0 aromatic carbocycles. The predicted molar refractivity (Wildman–Crippen MR) is 64.2 cm³/mol. The monoisotopic (exact) mass is 214 g/mol. The van der Waals surface area contributed by atoms with Gasteiger partial charge in [0.25, 0.3) is 0 Å². The van der Waals surface area contributed by atoms with Crippen molar-refractivity contribution in [3.05, 3.63) is 0 Å². The summed E-state index contributed by atoms with van der Waals surface area (Å²) in [6.45, 7) is 5.57. The van der Waals surface area contributed by atoms with Crippen molar-refractivity contribution >= 4 is 0 Å². The van der Waals surface area contributed by atoms with Gasteiger partial charge < -0.3 is 15.0 Å². The summed E-state index contributed by atoms with van der Waals surface area (Å²) in [6, 6.07) is 0. The average molecular weight is 214 g/mol. The summed E-state index contributed by atoms with van der Waals surface area (Å²) < 4.78 is 5.37. The summed E-state index contributed by atoms with van der Waals surface area (Å²) in [4.78, 5) is 2.48. The Labute approximate surface area is 94.2 Å². The van der Waals surface area contributed by atoms with Crippen LogP contribution in [-0.2, 0) is 4.74 Å². The lowest BCUT2D eigenvalue weighted by Gasteiger charge is -2.27. The number of nitrogens with zero attached hydrogens (tertiary/aromatic N) is 1. The standard InChI is InChI=1S/C12H26N2O/c1-13-7-3-4-8-14(2)11-12-5-9-15-10-6-12/h12-13H,3-11H2,1-2H3. The van der Waals surface area contributed by atoms with E-state index in [1.807, 2.05) is 7.05 Å². The maximum absolute atomic E-state index is 5.37. The first-order valence-electron chi connectivity index (χ1n) is 6.24. The van der Waals surface area contributed by atoms with Gasteiger partial charge in [0.2, 0.25) is 0 Å². The number of hydrogen-bond donors (Lipinski definition) is 1. The molecule has 0 saturated carbocycles. The predicted octanol–water partition coefficient (Wildman–Crippen LogP) is 1.34. The fourth-order valence-corrected chi connectivity index (χ4v) is 2.14. The quantitative estimate of drug-likeness (QED) is 0.647. The van der Waals surface area contributed by atoms with Crippen LogP contribution in [0, 0.1) is 5.92 Å². The summed E-state index contributed by atoms with van der Waals surface area (Å²) in [5.74, 6) is 0.869. The molecule has 1 aliphatic rings. The van der Waals surface area contributed by atoms with Gasteiger partial charge in [0.05, 0.1) is 0 Å². The molecule has 0 radical (unpaired) electrons. The molecule has 0 unspecified atom stereocenters. The Hall–Kier alpha value is -0.120. The first-order valence-corrected chi connectivity index (χ1v) is 6.24. The highest BCUT2D eigenvalue weighted by Crippen LogP contribution is 2.15. The fraction of sp³-hybridized carbons (Fsp3) is 1.00. The van der Waals surface area contributed by atoms with Crippen molar-refractivity contribution in [3.8, 4) is 0 Å². The van der Waals surface area contributed by atoms with Gasteiger partial charge in [-0.05, 0) is 58.8 Å². The zero-order valence-electron chi connectivity index (χ0n) is 10.3. The molecule has 90 valence electrons. The molecule has 0 bridgehead atoms. The molecule has 1 aliphatic heterocycles. The lowest BCUT2D eigenvalue weighted by molar-refractivity contribution is 0.0556. The molecule has 0 amide bonds. The molecular formula is C12H26N2O. The Morgan fingerprint density at radius 3 is 2.67 bits per heavy atom. The number of nitrogens with one attached hydrogen (secondary N) is 1. The Morgan fingerprint density at radius 1 is 1.27 bits per heavy atom. The van der Waals surface area contributed by atoms with E-state index in [0.717, 1.165) is 25.7 Å². The summed E-state index contributed by atoms with van der Waals surface area (Å²) in [5, 5.41) is 3.19. The molecular weight excluding hydrogens is 188 g/mol. The van der Waals surface area contributed by atoms with Crippen LogP contribution < -0.4 is 5.32 Å². The minimum absolute atomic E-state index is 0.869. The van der Waals surface area contributed by atoms with Crippen LogP contribution in [-0.4, -0.2) is 51.8 Å². The zero-order chi connectivity index (χ0) is 10.9. The summed E-state index contributed by atoms with van der Waals surface area (Å²) in [7, 11) is 4.26. The third-order valence-electron chi connectivity index (χ3n) is 3.13. The van der Waals surface area contributed by atoms with Gasteiger partial charge in [-0.2, -0.15) is 0 Å². The van der Waals surface area contributed by atoms with Gasteiger partial charge in [0.15, 0.2) is 0 Å². The largest absolute Gasteiger partial charge is 0.381 e. The molecule has 0 atom stereocenters. The molecule has 3 heteroatoms. The van der Waals surface area contributed by atoms with Crippen LogP contribution in [0.4, 0.5) is 0 Å². The van der Waals surface area contributed by atoms with Gasteiger partial charge in [0.1, 0.15) is 0 Å². The third-order valence-corrected chi connectivity index (χ3v) is 3.13. The topological polar surface area (TPSA) is 24.5 Å². The third kappa shape index (κ3) is 6.13. The van der Waals surface area contributed by atoms with Gasteiger partial charge >= 0.3 is 0 Å². The summed E-state index contributed by atoms with van der Waals surface area (Å²) >= 11 is 0. The smallest absolute Gasteiger partial charge is 0.0469 e. The molecule has 0 aliphatic carbocycles. The van der Waals surface area contributed by atoms with Crippen molar-refractivity contribution < 1.29 is 4.74 Å². The van der Waals surface area contributed by atoms with E-state index in [4.69, 9.17) is 4.74 Å². The van der Waals surface area contributed by atoms with Crippen LogP contribution in [0.3, 0.4) is 0 Å². The Morgan fingerprint density at radius 2 is 2.00 bits per heavy atom. The number of hydrogen-bond acceptors (Lipinski definition) is 3. The van der Waals surface area contributed by atoms with E-state index in [1.54, 1.807) is 0 Å². The lowest BCUT2D eigenvalue weighted by atomic mass is 10.00. The Balaban J connectivity index is 1.98. The molecule has 1 N–H and O–H groups in total. The summed E-state index contributed by atoms with van der Waals surface area (Å²) in [5.41, 5.74) is 0. The number of rotatable bonds is 7. The highest BCUT2D eigenvalue weighted by atomic mass is 16.5. The zero-order valence-corrected chi connectivity index (χ0v) is 10.3. The highest BCUT2D eigenvalue weighted by Gasteiger charge is 2.15. The van der Waals surface area contributed by atoms with Gasteiger partial charge in [-0.3, -0.25) is 0 Å². The summed E-state index contributed by atoms with van der Waals surface area (Å²) in [6.07, 6.45) is 5.09. The molecule has 3 nitrogen and oxygen atoms in total. The fourth-order valence-electron chi connectivity index (χ4n) is 2.14. The van der Waals surface area contributed by atoms with E-state index in [2.05, 4.69) is 17.3 Å². The van der Waals surface area contributed by atoms with Crippen LogP contribution in [0.1, 0.15) is 25.7 Å². The van der Waals surface area contributed by atoms with Crippen molar-refractivity contribution in [2.75, 3.05) is 46.9 Å². The highest BCUT2D eigenvalue weighted by molar-refractivity contribution is 4.67. The first kappa shape index (κ1) is 12.9. The molecule has 0 aromatic heterocycles. The van der Waals surface area contributed by atoms with E-state index in [-0.39, 0.29) is 0 Å². The second-order valence-corrected chi connectivity index (χ2v) is 4.63. The van der Waals surface area contributed by atoms with Crippen molar-refractivity contribution in [1.82, 2.24) is 10.2 Å². The van der Waals surface area contributed by atoms with Crippen molar-refractivity contribution in [3.63, 3.8) is 0 Å². The minimum atomic E-state index is 0.869. The number of unbranched alkanes of at least 4 members (excludes halogenated alkanes) is 1. The van der Waals surface area contributed by atoms with E-state index in [1.165, 1.54) is 38.8 Å². The van der Waals surface area contributed by atoms with Gasteiger partial charge in [-0.1, -0.05) is 0 Å². The maximum atomic E-state index is 5.37. The minimum Gasteiger partial charge on any atom is -0.381 e. The van der Waals surface area contributed by atoms with E-state index in [0.29, 0.717) is 0 Å². The molecule has 0 aromatic rings. The van der Waals surface area contributed by atoms with E-state index >= 15 is 0 Å². The molecule has 1 rings (SSSR count). The normalized spacial score (nSPS) is 18.6. The van der Waals surface area contributed by atoms with Crippen LogP contribution in [0.5, 0.6) is 0 Å². The van der Waals surface area contributed by atoms with Crippen molar-refractivity contribution in [1.29, 1.82) is 0 Å². The molecule has 0 spiro atoms. The van der Waals surface area contributed by atoms with E-state index in [9.17, 15) is 0 Å². The second kappa shape index (κ2) is 8.08. The molecule has 1 saturated heterocycles. The second-order valence-electron chi connectivity index (χ2n) is 4.63. The Kier molecular flexibility index (Phi) is 6.98. The van der Waals surface area contributed by atoms with Gasteiger partial charge in [-0.25, -0.2) is 0 Å². The first-order chi connectivity index (χ1) is 7.33. The Bertz CT molecular complexity index is 147. The van der Waals surface area contributed by atoms with Gasteiger partial charge in [-0.15, -0.1) is 0 Å². The van der Waals surface area contributed by atoms with Crippen LogP contribution in [0.2, 0.25) is 0 Å². The molecule has 1 fully saturated rings. The maximum Gasteiger partial charge on any atom is 0.0469 e. The van der Waals surface area contributed by atoms with Crippen molar-refractivity contribution in [2.24, 2.45) is 5.92 Å². The molecule has 15 heavy (non-hydrogen) atoms. The van der Waals surface area contributed by atoms with Crippen LogP contribution in [0.25, 0.3) is 0 Å². The SMILES string of the molecule is CNCCCCN(C)CC1CCOCC1. The van der Waals surface area contributed by atoms with Crippen molar-refractivity contribution in [2.45, 2.75) is 25.7 Å². The van der Waals surface area contributed by atoms with Crippen LogP contribution in [0.15, 0.2) is 0 Å². The number of ether oxygens (including phenoxy) is 1. The van der Waals surface area contributed by atoms with E-state index < -0.39 is 0 Å². The van der Waals surface area contributed by atoms with Gasteiger partial charge in [0, 0.05) is 19.8 Å².